The molecule has 2 rings (SSSR count). The molecule has 0 bridgehead atoms. The smallest absolute Gasteiger partial charge is 0.444 e. The van der Waals surface area contributed by atoms with Gasteiger partial charge in [0.05, 0.1) is 11.2 Å². The molecule has 1 aliphatic rings. The van der Waals surface area contributed by atoms with Crippen molar-refractivity contribution >= 4 is 18.7 Å². The Morgan fingerprint density at radius 2 is 1.78 bits per heavy atom. The molecule has 1 saturated heterocycles. The first kappa shape index (κ1) is 21.7. The van der Waals surface area contributed by atoms with Gasteiger partial charge in [-0.2, -0.15) is 0 Å². The van der Waals surface area contributed by atoms with Gasteiger partial charge in [-0.15, -0.1) is 0 Å². The highest BCUT2D eigenvalue weighted by Gasteiger charge is 2.51. The van der Waals surface area contributed by atoms with Crippen molar-refractivity contribution in [2.24, 2.45) is 0 Å². The van der Waals surface area contributed by atoms with Gasteiger partial charge in [-0.25, -0.2) is 9.18 Å². The van der Waals surface area contributed by atoms with Crippen molar-refractivity contribution in [2.75, 3.05) is 6.54 Å². The van der Waals surface area contributed by atoms with E-state index in [1.807, 2.05) is 40.7 Å². The molecule has 1 aromatic carbocycles. The Balaban J connectivity index is 2.03. The zero-order chi connectivity index (χ0) is 20.6. The monoisotopic (exact) mass is 379 g/mol. The number of halogens is 1. The van der Waals surface area contributed by atoms with Crippen LogP contribution in [0.3, 0.4) is 0 Å². The lowest BCUT2D eigenvalue weighted by atomic mass is 9.78. The molecule has 0 aromatic heterocycles. The predicted molar refractivity (Wildman–Crippen MR) is 105 cm³/mol. The number of ether oxygens (including phenoxy) is 1. The Morgan fingerprint density at radius 3 is 2.26 bits per heavy atom. The van der Waals surface area contributed by atoms with Crippen LogP contribution in [0, 0.1) is 5.82 Å². The van der Waals surface area contributed by atoms with Crippen LogP contribution >= 0.6 is 0 Å². The fourth-order valence-electron chi connectivity index (χ4n) is 2.73. The Bertz CT molecular complexity index is 684. The summed E-state index contributed by atoms with van der Waals surface area (Å²) in [5.74, 6) is -0.550. The molecule has 5 nitrogen and oxygen atoms in total. The molecule has 1 fully saturated rings. The van der Waals surface area contributed by atoms with Crippen LogP contribution in [0.2, 0.25) is 0 Å². The van der Waals surface area contributed by atoms with Crippen LogP contribution in [-0.4, -0.2) is 36.6 Å². The highest BCUT2D eigenvalue weighted by Crippen LogP contribution is 2.36. The number of benzene rings is 1. The Hall–Kier alpha value is -1.60. The van der Waals surface area contributed by atoms with Crippen LogP contribution in [0.25, 0.3) is 0 Å². The largest absolute Gasteiger partial charge is 0.494 e. The standard InChI is InChI=1S/C20H31BFNO4/c1-13(12-23-17(24)25-18(2,3)4)15-10-9-14(11-16(15)22)21-26-19(5,6)20(7,8)27-21/h9-11,13H,12H2,1-8H3,(H,23,24)/t13-/m1/s1. The third-order valence-electron chi connectivity index (χ3n) is 5.03. The summed E-state index contributed by atoms with van der Waals surface area (Å²) in [6, 6.07) is 4.98. The van der Waals surface area contributed by atoms with E-state index in [4.69, 9.17) is 14.0 Å². The summed E-state index contributed by atoms with van der Waals surface area (Å²) in [6.07, 6.45) is -0.511. The lowest BCUT2D eigenvalue weighted by molar-refractivity contribution is 0.00578. The molecule has 0 spiro atoms. The number of hydrogen-bond donors (Lipinski definition) is 1. The number of carbonyl (C=O) groups is 1. The quantitative estimate of drug-likeness (QED) is 0.810. The molecule has 1 aliphatic heterocycles. The van der Waals surface area contributed by atoms with Gasteiger partial charge in [0.2, 0.25) is 0 Å². The van der Waals surface area contributed by atoms with Crippen LogP contribution in [0.15, 0.2) is 18.2 Å². The first-order valence-corrected chi connectivity index (χ1v) is 9.34. The maximum absolute atomic E-state index is 14.7. The maximum Gasteiger partial charge on any atom is 0.494 e. The van der Waals surface area contributed by atoms with Gasteiger partial charge in [-0.05, 0) is 65.6 Å². The maximum atomic E-state index is 14.7. The summed E-state index contributed by atoms with van der Waals surface area (Å²) in [4.78, 5) is 11.8. The van der Waals surface area contributed by atoms with Crippen molar-refractivity contribution in [1.82, 2.24) is 5.32 Å². The van der Waals surface area contributed by atoms with E-state index in [9.17, 15) is 9.18 Å². The number of rotatable bonds is 4. The third-order valence-corrected chi connectivity index (χ3v) is 5.03. The van der Waals surface area contributed by atoms with Crippen molar-refractivity contribution in [2.45, 2.75) is 78.1 Å². The minimum Gasteiger partial charge on any atom is -0.444 e. The van der Waals surface area contributed by atoms with Crippen molar-refractivity contribution < 1.29 is 23.2 Å². The van der Waals surface area contributed by atoms with Gasteiger partial charge >= 0.3 is 13.2 Å². The summed E-state index contributed by atoms with van der Waals surface area (Å²) < 4.78 is 31.8. The lowest BCUT2D eigenvalue weighted by Gasteiger charge is -2.32. The van der Waals surface area contributed by atoms with Crippen LogP contribution in [0.5, 0.6) is 0 Å². The molecule has 0 saturated carbocycles. The second-order valence-electron chi connectivity index (χ2n) is 9.15. The SMILES string of the molecule is C[C@H](CNC(=O)OC(C)(C)C)c1ccc(B2OC(C)(C)C(C)(C)O2)cc1F. The van der Waals surface area contributed by atoms with E-state index in [2.05, 4.69) is 5.32 Å². The number of amides is 1. The number of nitrogens with one attached hydrogen (secondary N) is 1. The summed E-state index contributed by atoms with van der Waals surface area (Å²) in [5, 5.41) is 2.68. The van der Waals surface area contributed by atoms with Gasteiger partial charge in [0, 0.05) is 12.5 Å². The second-order valence-corrected chi connectivity index (χ2v) is 9.15. The van der Waals surface area contributed by atoms with E-state index in [-0.39, 0.29) is 18.3 Å². The van der Waals surface area contributed by atoms with E-state index in [0.29, 0.717) is 11.0 Å². The molecule has 1 amide bonds. The topological polar surface area (TPSA) is 56.8 Å². The molecule has 150 valence electrons. The molecule has 1 atom stereocenters. The lowest BCUT2D eigenvalue weighted by Crippen LogP contribution is -2.41. The van der Waals surface area contributed by atoms with Gasteiger partial charge in [0.15, 0.2) is 0 Å². The van der Waals surface area contributed by atoms with Crippen LogP contribution in [0.4, 0.5) is 9.18 Å². The third kappa shape index (κ3) is 5.23. The molecule has 0 radical (unpaired) electrons. The summed E-state index contributed by atoms with van der Waals surface area (Å²) in [5.41, 5.74) is -0.355. The van der Waals surface area contributed by atoms with Gasteiger partial charge in [-0.1, -0.05) is 19.1 Å². The summed E-state index contributed by atoms with van der Waals surface area (Å²) in [6.45, 7) is 15.4. The van der Waals surface area contributed by atoms with Crippen molar-refractivity contribution in [1.29, 1.82) is 0 Å². The highest BCUT2D eigenvalue weighted by molar-refractivity contribution is 6.62. The van der Waals surface area contributed by atoms with Crippen LogP contribution < -0.4 is 10.8 Å². The summed E-state index contributed by atoms with van der Waals surface area (Å²) >= 11 is 0. The fraction of sp³-hybridized carbons (Fsp3) is 0.650. The van der Waals surface area contributed by atoms with E-state index in [1.165, 1.54) is 6.07 Å². The van der Waals surface area contributed by atoms with E-state index < -0.39 is 30.0 Å². The zero-order valence-corrected chi connectivity index (χ0v) is 17.6. The van der Waals surface area contributed by atoms with Gasteiger partial charge < -0.3 is 19.4 Å². The normalized spacial score (nSPS) is 19.7. The molecule has 27 heavy (non-hydrogen) atoms. The minimum atomic E-state index is -0.603. The average Bonchev–Trinajstić information content (AvgIpc) is 2.71. The first-order chi connectivity index (χ1) is 12.2. The number of carbonyl (C=O) groups excluding carboxylic acids is 1. The molecular weight excluding hydrogens is 348 g/mol. The fourth-order valence-corrected chi connectivity index (χ4v) is 2.73. The minimum absolute atomic E-state index is 0.204. The van der Waals surface area contributed by atoms with E-state index in [0.717, 1.165) is 0 Å². The highest BCUT2D eigenvalue weighted by atomic mass is 19.1. The van der Waals surface area contributed by atoms with E-state index >= 15 is 0 Å². The average molecular weight is 379 g/mol. The van der Waals surface area contributed by atoms with Crippen molar-refractivity contribution in [3.05, 3.63) is 29.6 Å². The van der Waals surface area contributed by atoms with E-state index in [1.54, 1.807) is 26.8 Å². The Labute approximate surface area is 162 Å². The molecule has 1 aromatic rings. The molecule has 7 heteroatoms. The number of hydrogen-bond acceptors (Lipinski definition) is 4. The Kier molecular flexibility index (Phi) is 5.98. The molecular formula is C20H31BFNO4. The van der Waals surface area contributed by atoms with Gasteiger partial charge in [-0.3, -0.25) is 0 Å². The predicted octanol–water partition coefficient (Wildman–Crippen LogP) is 3.75. The zero-order valence-electron chi connectivity index (χ0n) is 17.6. The summed E-state index contributed by atoms with van der Waals surface area (Å²) in [7, 11) is -0.603. The second kappa shape index (κ2) is 7.43. The first-order valence-electron chi connectivity index (χ1n) is 9.34. The van der Waals surface area contributed by atoms with Crippen LogP contribution in [0.1, 0.15) is 66.9 Å². The van der Waals surface area contributed by atoms with Crippen molar-refractivity contribution in [3.8, 4) is 0 Å². The molecule has 0 unspecified atom stereocenters. The molecule has 1 heterocycles. The Morgan fingerprint density at radius 1 is 1.22 bits per heavy atom. The molecule has 0 aliphatic carbocycles. The van der Waals surface area contributed by atoms with Gasteiger partial charge in [0.1, 0.15) is 11.4 Å². The van der Waals surface area contributed by atoms with Gasteiger partial charge in [0.25, 0.3) is 0 Å². The van der Waals surface area contributed by atoms with Crippen molar-refractivity contribution in [3.63, 3.8) is 0 Å². The number of alkyl carbamates (subject to hydrolysis) is 1. The van der Waals surface area contributed by atoms with Crippen LogP contribution in [-0.2, 0) is 14.0 Å². The molecule has 1 N–H and O–H groups in total.